The highest BCUT2D eigenvalue weighted by molar-refractivity contribution is 7.10. The van der Waals surface area contributed by atoms with E-state index in [1.165, 1.54) is 30.3 Å². The van der Waals surface area contributed by atoms with Crippen molar-refractivity contribution >= 4 is 34.9 Å². The van der Waals surface area contributed by atoms with Gasteiger partial charge in [-0.3, -0.25) is 9.59 Å². The molecule has 1 aromatic heterocycles. The first-order chi connectivity index (χ1) is 12.2. The van der Waals surface area contributed by atoms with Crippen molar-refractivity contribution in [1.29, 1.82) is 0 Å². The fourth-order valence-electron chi connectivity index (χ4n) is 2.80. The van der Waals surface area contributed by atoms with E-state index >= 15 is 0 Å². The van der Waals surface area contributed by atoms with Gasteiger partial charge in [0.25, 0.3) is 5.91 Å². The summed E-state index contributed by atoms with van der Waals surface area (Å²) < 4.78 is 0. The van der Waals surface area contributed by atoms with E-state index in [1.807, 2.05) is 10.3 Å². The van der Waals surface area contributed by atoms with E-state index in [9.17, 15) is 9.59 Å². The molecule has 6 heteroatoms. The molecule has 2 aromatic rings. The lowest BCUT2D eigenvalue weighted by Crippen LogP contribution is -2.31. The first-order valence-electron chi connectivity index (χ1n) is 8.50. The minimum Gasteiger partial charge on any atom is -0.339 e. The fraction of sp³-hybridized carbons (Fsp3) is 0.316. The maximum absolute atomic E-state index is 12.5. The summed E-state index contributed by atoms with van der Waals surface area (Å²) in [7, 11) is 0. The van der Waals surface area contributed by atoms with Gasteiger partial charge in [0.2, 0.25) is 5.91 Å². The Morgan fingerprint density at radius 3 is 2.44 bits per heavy atom. The van der Waals surface area contributed by atoms with E-state index in [4.69, 9.17) is 0 Å². The molecule has 2 amide bonds. The summed E-state index contributed by atoms with van der Waals surface area (Å²) in [6.07, 6.45) is 9.37. The molecule has 25 heavy (non-hydrogen) atoms. The summed E-state index contributed by atoms with van der Waals surface area (Å²) in [5.41, 5.74) is 1.33. The Bertz CT molecular complexity index is 731. The van der Waals surface area contributed by atoms with Gasteiger partial charge in [-0.1, -0.05) is 12.8 Å². The first-order valence-corrected chi connectivity index (χ1v) is 9.38. The molecule has 0 bridgehead atoms. The van der Waals surface area contributed by atoms with Crippen LogP contribution in [0, 0.1) is 0 Å². The molecule has 1 aromatic carbocycles. The number of hydrogen-bond donors (Lipinski definition) is 1. The van der Waals surface area contributed by atoms with Crippen molar-refractivity contribution in [1.82, 2.24) is 9.88 Å². The van der Waals surface area contributed by atoms with Crippen LogP contribution < -0.4 is 5.32 Å². The van der Waals surface area contributed by atoms with Crippen LogP contribution in [0.1, 0.15) is 41.0 Å². The SMILES string of the molecule is O=C(/C=C/c1nccs1)Nc1ccc(C(=O)N2CCCCCC2)cc1. The van der Waals surface area contributed by atoms with Crippen LogP contribution in [0.25, 0.3) is 6.08 Å². The van der Waals surface area contributed by atoms with Gasteiger partial charge < -0.3 is 10.2 Å². The molecular formula is C19H21N3O2S. The highest BCUT2D eigenvalue weighted by Gasteiger charge is 2.17. The zero-order valence-corrected chi connectivity index (χ0v) is 14.8. The van der Waals surface area contributed by atoms with Crippen LogP contribution in [0.3, 0.4) is 0 Å². The van der Waals surface area contributed by atoms with Crippen molar-refractivity contribution in [2.45, 2.75) is 25.7 Å². The molecule has 0 spiro atoms. The van der Waals surface area contributed by atoms with Crippen molar-refractivity contribution in [3.8, 4) is 0 Å². The number of hydrogen-bond acceptors (Lipinski definition) is 4. The molecule has 1 aliphatic heterocycles. The molecule has 3 rings (SSSR count). The van der Waals surface area contributed by atoms with Gasteiger partial charge in [0, 0.05) is 42.0 Å². The summed E-state index contributed by atoms with van der Waals surface area (Å²) >= 11 is 1.47. The van der Waals surface area contributed by atoms with Crippen LogP contribution in [-0.2, 0) is 4.79 Å². The first kappa shape index (κ1) is 17.4. The maximum Gasteiger partial charge on any atom is 0.253 e. The number of thiazole rings is 1. The third kappa shape index (κ3) is 5.00. The van der Waals surface area contributed by atoms with E-state index in [0.29, 0.717) is 11.3 Å². The van der Waals surface area contributed by atoms with E-state index in [2.05, 4.69) is 10.3 Å². The van der Waals surface area contributed by atoms with Gasteiger partial charge in [0.15, 0.2) is 0 Å². The predicted molar refractivity (Wildman–Crippen MR) is 101 cm³/mol. The van der Waals surface area contributed by atoms with Gasteiger partial charge in [-0.05, 0) is 43.2 Å². The van der Waals surface area contributed by atoms with Gasteiger partial charge in [-0.2, -0.15) is 0 Å². The third-order valence-electron chi connectivity index (χ3n) is 4.12. The normalized spacial score (nSPS) is 15.1. The second kappa shape index (κ2) is 8.58. The lowest BCUT2D eigenvalue weighted by atomic mass is 10.1. The number of carbonyl (C=O) groups excluding carboxylic acids is 2. The molecule has 1 fully saturated rings. The van der Waals surface area contributed by atoms with E-state index in [-0.39, 0.29) is 11.8 Å². The van der Waals surface area contributed by atoms with Gasteiger partial charge in [0.1, 0.15) is 5.01 Å². The highest BCUT2D eigenvalue weighted by Crippen LogP contribution is 2.16. The molecule has 1 saturated heterocycles. The fourth-order valence-corrected chi connectivity index (χ4v) is 3.33. The molecule has 1 aliphatic rings. The average molecular weight is 355 g/mol. The Hall–Kier alpha value is -2.47. The molecule has 0 aliphatic carbocycles. The molecule has 2 heterocycles. The van der Waals surface area contributed by atoms with Crippen LogP contribution in [0.2, 0.25) is 0 Å². The topological polar surface area (TPSA) is 62.3 Å². The lowest BCUT2D eigenvalue weighted by molar-refractivity contribution is -0.111. The van der Waals surface area contributed by atoms with Crippen LogP contribution in [-0.4, -0.2) is 34.8 Å². The molecular weight excluding hydrogens is 334 g/mol. The van der Waals surface area contributed by atoms with Gasteiger partial charge in [0.05, 0.1) is 0 Å². The Morgan fingerprint density at radius 1 is 1.08 bits per heavy atom. The number of rotatable bonds is 4. The van der Waals surface area contributed by atoms with Crippen molar-refractivity contribution < 1.29 is 9.59 Å². The number of nitrogens with zero attached hydrogens (tertiary/aromatic N) is 2. The zero-order valence-electron chi connectivity index (χ0n) is 14.0. The molecule has 0 unspecified atom stereocenters. The minimum absolute atomic E-state index is 0.0726. The quantitative estimate of drug-likeness (QED) is 0.848. The second-order valence-corrected chi connectivity index (χ2v) is 6.90. The van der Waals surface area contributed by atoms with Gasteiger partial charge in [-0.15, -0.1) is 11.3 Å². The molecule has 130 valence electrons. The van der Waals surface area contributed by atoms with Crippen LogP contribution in [0.5, 0.6) is 0 Å². The van der Waals surface area contributed by atoms with Crippen molar-refractivity contribution in [3.05, 3.63) is 52.5 Å². The smallest absolute Gasteiger partial charge is 0.253 e. The number of amides is 2. The zero-order chi connectivity index (χ0) is 17.5. The Balaban J connectivity index is 1.58. The summed E-state index contributed by atoms with van der Waals surface area (Å²) in [5.74, 6) is -0.148. The van der Waals surface area contributed by atoms with E-state index < -0.39 is 0 Å². The Labute approximate surface area is 151 Å². The monoisotopic (exact) mass is 355 g/mol. The summed E-state index contributed by atoms with van der Waals surface area (Å²) in [6.45, 7) is 1.66. The summed E-state index contributed by atoms with van der Waals surface area (Å²) in [4.78, 5) is 30.5. The molecule has 0 atom stereocenters. The standard InChI is InChI=1S/C19H21N3O2S/c23-17(9-10-18-20-11-14-25-18)21-16-7-5-15(6-8-16)19(24)22-12-3-1-2-4-13-22/h5-11,14H,1-4,12-13H2,(H,21,23)/b10-9+. The lowest BCUT2D eigenvalue weighted by Gasteiger charge is -2.20. The molecule has 0 saturated carbocycles. The number of aromatic nitrogens is 1. The number of carbonyl (C=O) groups is 2. The molecule has 0 radical (unpaired) electrons. The third-order valence-corrected chi connectivity index (χ3v) is 4.86. The minimum atomic E-state index is -0.221. The Morgan fingerprint density at radius 2 is 1.80 bits per heavy atom. The number of nitrogens with one attached hydrogen (secondary N) is 1. The van der Waals surface area contributed by atoms with Crippen LogP contribution >= 0.6 is 11.3 Å². The average Bonchev–Trinajstić information content (AvgIpc) is 3.00. The van der Waals surface area contributed by atoms with Crippen LogP contribution in [0.15, 0.2) is 41.9 Å². The van der Waals surface area contributed by atoms with Gasteiger partial charge >= 0.3 is 0 Å². The largest absolute Gasteiger partial charge is 0.339 e. The highest BCUT2D eigenvalue weighted by atomic mass is 32.1. The van der Waals surface area contributed by atoms with Crippen molar-refractivity contribution in [3.63, 3.8) is 0 Å². The van der Waals surface area contributed by atoms with Crippen LogP contribution in [0.4, 0.5) is 5.69 Å². The summed E-state index contributed by atoms with van der Waals surface area (Å²) in [6, 6.07) is 7.07. The van der Waals surface area contributed by atoms with E-state index in [0.717, 1.165) is 30.9 Å². The Kier molecular flexibility index (Phi) is 5.95. The summed E-state index contributed by atoms with van der Waals surface area (Å²) in [5, 5.41) is 5.43. The predicted octanol–water partition coefficient (Wildman–Crippen LogP) is 3.81. The second-order valence-electron chi connectivity index (χ2n) is 5.98. The van der Waals surface area contributed by atoms with Gasteiger partial charge in [-0.25, -0.2) is 4.98 Å². The number of anilines is 1. The maximum atomic E-state index is 12.5. The molecule has 1 N–H and O–H groups in total. The molecule has 5 nitrogen and oxygen atoms in total. The number of benzene rings is 1. The van der Waals surface area contributed by atoms with E-state index in [1.54, 1.807) is 36.5 Å². The van der Waals surface area contributed by atoms with Crippen molar-refractivity contribution in [2.24, 2.45) is 0 Å². The van der Waals surface area contributed by atoms with Crippen molar-refractivity contribution in [2.75, 3.05) is 18.4 Å². The number of likely N-dealkylation sites (tertiary alicyclic amines) is 1.